The van der Waals surface area contributed by atoms with Gasteiger partial charge in [0.25, 0.3) is 0 Å². The van der Waals surface area contributed by atoms with E-state index in [1.165, 1.54) is 11.6 Å². The molecule has 0 bridgehead atoms. The molecule has 0 aliphatic carbocycles. The number of amides is 2. The van der Waals surface area contributed by atoms with Crippen molar-refractivity contribution in [2.24, 2.45) is 0 Å². The lowest BCUT2D eigenvalue weighted by Gasteiger charge is -2.26. The maximum Gasteiger partial charge on any atom is 0.323 e. The van der Waals surface area contributed by atoms with Crippen molar-refractivity contribution in [3.8, 4) is 0 Å². The predicted octanol–water partition coefficient (Wildman–Crippen LogP) is 4.86. The van der Waals surface area contributed by atoms with Crippen molar-refractivity contribution >= 4 is 23.5 Å². The highest BCUT2D eigenvalue weighted by Gasteiger charge is 2.31. The van der Waals surface area contributed by atoms with Crippen LogP contribution in [0.4, 0.5) is 19.3 Å². The summed E-state index contributed by atoms with van der Waals surface area (Å²) in [5, 5.41) is 2.44. The van der Waals surface area contributed by atoms with Gasteiger partial charge in [-0.05, 0) is 37.1 Å². The number of aryl methyl sites for hydroxylation is 2. The molecule has 1 aliphatic rings. The van der Waals surface area contributed by atoms with Gasteiger partial charge in [-0.3, -0.25) is 0 Å². The fourth-order valence-corrected chi connectivity index (χ4v) is 4.17. The summed E-state index contributed by atoms with van der Waals surface area (Å²) in [6, 6.07) is 8.88. The molecule has 6 heteroatoms. The Morgan fingerprint density at radius 3 is 2.71 bits per heavy atom. The van der Waals surface area contributed by atoms with Gasteiger partial charge in [0, 0.05) is 18.4 Å². The monoisotopic (exact) mass is 348 g/mol. The fraction of sp³-hybridized carbons (Fsp3) is 0.278. The third kappa shape index (κ3) is 3.38. The van der Waals surface area contributed by atoms with E-state index in [1.54, 1.807) is 16.7 Å². The van der Waals surface area contributed by atoms with Gasteiger partial charge in [-0.1, -0.05) is 23.8 Å². The Labute approximate surface area is 144 Å². The number of anilines is 1. The molecule has 24 heavy (non-hydrogen) atoms. The van der Waals surface area contributed by atoms with Crippen LogP contribution in [0.1, 0.15) is 22.1 Å². The summed E-state index contributed by atoms with van der Waals surface area (Å²) in [6.07, 6.45) is 0. The average molecular weight is 348 g/mol. The molecule has 0 spiro atoms. The van der Waals surface area contributed by atoms with Crippen LogP contribution in [0.25, 0.3) is 0 Å². The quantitative estimate of drug-likeness (QED) is 0.840. The number of hydrogen-bond donors (Lipinski definition) is 1. The molecule has 2 aromatic carbocycles. The largest absolute Gasteiger partial charge is 0.323 e. The third-order valence-electron chi connectivity index (χ3n) is 4.02. The molecule has 0 aromatic heterocycles. The van der Waals surface area contributed by atoms with Gasteiger partial charge in [-0.25, -0.2) is 13.6 Å². The summed E-state index contributed by atoms with van der Waals surface area (Å²) in [4.78, 5) is 14.2. The van der Waals surface area contributed by atoms with Crippen LogP contribution >= 0.6 is 11.8 Å². The number of thioether (sulfide) groups is 1. The first kappa shape index (κ1) is 16.8. The summed E-state index contributed by atoms with van der Waals surface area (Å²) >= 11 is 1.68. The minimum Gasteiger partial charge on any atom is -0.308 e. The van der Waals surface area contributed by atoms with E-state index in [1.807, 2.05) is 26.0 Å². The van der Waals surface area contributed by atoms with Crippen LogP contribution in [-0.4, -0.2) is 23.2 Å². The smallest absolute Gasteiger partial charge is 0.308 e. The highest BCUT2D eigenvalue weighted by molar-refractivity contribution is 7.99. The molecule has 126 valence electrons. The number of carbonyl (C=O) groups is 1. The standard InChI is InChI=1S/C18H18F2N2OS/c1-11-3-5-14(12(2)9-11)17-22(7-8-24-17)18(23)21-16-6-4-13(19)10-15(16)20/h3-6,9-10,17H,7-8H2,1-2H3,(H,21,23)/t17-/m1/s1. The molecule has 3 nitrogen and oxygen atoms in total. The highest BCUT2D eigenvalue weighted by Crippen LogP contribution is 2.39. The minimum atomic E-state index is -0.779. The molecule has 1 N–H and O–H groups in total. The summed E-state index contributed by atoms with van der Waals surface area (Å²) < 4.78 is 26.7. The zero-order chi connectivity index (χ0) is 17.3. The van der Waals surface area contributed by atoms with Crippen molar-refractivity contribution in [2.45, 2.75) is 19.2 Å². The van der Waals surface area contributed by atoms with Gasteiger partial charge < -0.3 is 10.2 Å². The minimum absolute atomic E-state index is 0.0160. The molecule has 2 aromatic rings. The zero-order valence-electron chi connectivity index (χ0n) is 13.5. The Bertz CT molecular complexity index is 782. The molecule has 1 fully saturated rings. The maximum absolute atomic E-state index is 13.7. The van der Waals surface area contributed by atoms with Crippen LogP contribution in [0, 0.1) is 25.5 Å². The predicted molar refractivity (Wildman–Crippen MR) is 93.2 cm³/mol. The van der Waals surface area contributed by atoms with E-state index in [0.29, 0.717) is 6.54 Å². The van der Waals surface area contributed by atoms with E-state index in [-0.39, 0.29) is 17.1 Å². The van der Waals surface area contributed by atoms with Crippen molar-refractivity contribution < 1.29 is 13.6 Å². The van der Waals surface area contributed by atoms with Crippen LogP contribution in [0.3, 0.4) is 0 Å². The number of carbonyl (C=O) groups excluding carboxylic acids is 1. The Kier molecular flexibility index (Phi) is 4.76. The lowest BCUT2D eigenvalue weighted by Crippen LogP contribution is -2.34. The van der Waals surface area contributed by atoms with Gasteiger partial charge in [0.2, 0.25) is 0 Å². The van der Waals surface area contributed by atoms with Crippen molar-refractivity contribution in [1.29, 1.82) is 0 Å². The molecular weight excluding hydrogens is 330 g/mol. The second-order valence-corrected chi connectivity index (χ2v) is 7.02. The fourth-order valence-electron chi connectivity index (χ4n) is 2.82. The van der Waals surface area contributed by atoms with E-state index >= 15 is 0 Å². The van der Waals surface area contributed by atoms with Gasteiger partial charge in [0.05, 0.1) is 5.69 Å². The molecular formula is C18H18F2N2OS. The number of hydrogen-bond acceptors (Lipinski definition) is 2. The van der Waals surface area contributed by atoms with E-state index < -0.39 is 11.6 Å². The van der Waals surface area contributed by atoms with Gasteiger partial charge in [-0.2, -0.15) is 0 Å². The molecule has 0 unspecified atom stereocenters. The van der Waals surface area contributed by atoms with Crippen molar-refractivity contribution in [2.75, 3.05) is 17.6 Å². The first-order valence-electron chi connectivity index (χ1n) is 7.67. The highest BCUT2D eigenvalue weighted by atomic mass is 32.2. The van der Waals surface area contributed by atoms with Crippen LogP contribution in [0.2, 0.25) is 0 Å². The van der Waals surface area contributed by atoms with Crippen LogP contribution in [-0.2, 0) is 0 Å². The first-order valence-corrected chi connectivity index (χ1v) is 8.72. The number of nitrogens with zero attached hydrogens (tertiary/aromatic N) is 1. The summed E-state index contributed by atoms with van der Waals surface area (Å²) in [5.41, 5.74) is 3.36. The second kappa shape index (κ2) is 6.81. The van der Waals surface area contributed by atoms with E-state index in [4.69, 9.17) is 0 Å². The summed E-state index contributed by atoms with van der Waals surface area (Å²) in [7, 11) is 0. The normalized spacial score (nSPS) is 17.2. The lowest BCUT2D eigenvalue weighted by molar-refractivity contribution is 0.214. The van der Waals surface area contributed by atoms with E-state index in [2.05, 4.69) is 11.4 Å². The SMILES string of the molecule is Cc1ccc([C@H]2SCCN2C(=O)Nc2ccc(F)cc2F)c(C)c1. The molecule has 0 radical (unpaired) electrons. The van der Waals surface area contributed by atoms with Crippen LogP contribution < -0.4 is 5.32 Å². The molecule has 1 aliphatic heterocycles. The number of nitrogens with one attached hydrogen (secondary N) is 1. The van der Waals surface area contributed by atoms with Crippen LogP contribution in [0.15, 0.2) is 36.4 Å². The molecule has 3 rings (SSSR count). The lowest BCUT2D eigenvalue weighted by atomic mass is 10.1. The Balaban J connectivity index is 1.81. The summed E-state index contributed by atoms with van der Waals surface area (Å²) in [6.45, 7) is 4.63. The number of urea groups is 1. The number of halogens is 2. The van der Waals surface area contributed by atoms with Gasteiger partial charge in [-0.15, -0.1) is 11.8 Å². The Morgan fingerprint density at radius 1 is 1.21 bits per heavy atom. The van der Waals surface area contributed by atoms with E-state index in [0.717, 1.165) is 29.0 Å². The topological polar surface area (TPSA) is 32.3 Å². The molecule has 1 saturated heterocycles. The van der Waals surface area contributed by atoms with Crippen molar-refractivity contribution in [1.82, 2.24) is 4.90 Å². The first-order chi connectivity index (χ1) is 11.5. The molecule has 2 amide bonds. The molecule has 1 heterocycles. The number of benzene rings is 2. The van der Waals surface area contributed by atoms with E-state index in [9.17, 15) is 13.6 Å². The maximum atomic E-state index is 13.7. The Hall–Kier alpha value is -2.08. The van der Waals surface area contributed by atoms with Crippen LogP contribution in [0.5, 0.6) is 0 Å². The number of rotatable bonds is 2. The average Bonchev–Trinajstić information content (AvgIpc) is 2.99. The second-order valence-electron chi connectivity index (χ2n) is 5.83. The van der Waals surface area contributed by atoms with Gasteiger partial charge in [0.15, 0.2) is 0 Å². The molecule has 0 saturated carbocycles. The molecule has 1 atom stereocenters. The zero-order valence-corrected chi connectivity index (χ0v) is 14.3. The summed E-state index contributed by atoms with van der Waals surface area (Å²) in [5.74, 6) is -0.634. The van der Waals surface area contributed by atoms with Crippen molar-refractivity contribution in [3.05, 3.63) is 64.7 Å². The Morgan fingerprint density at radius 2 is 2.00 bits per heavy atom. The third-order valence-corrected chi connectivity index (χ3v) is 5.26. The van der Waals surface area contributed by atoms with Gasteiger partial charge >= 0.3 is 6.03 Å². The van der Waals surface area contributed by atoms with Gasteiger partial charge in [0.1, 0.15) is 17.0 Å². The van der Waals surface area contributed by atoms with Crippen molar-refractivity contribution in [3.63, 3.8) is 0 Å².